The number of ether oxygens (including phenoxy) is 1. The molecule has 3 nitrogen and oxygen atoms in total. The predicted octanol–water partition coefficient (Wildman–Crippen LogP) is 2.53. The summed E-state index contributed by atoms with van der Waals surface area (Å²) in [4.78, 5) is 5.90. The van der Waals surface area contributed by atoms with Crippen LogP contribution in [0, 0.1) is 0 Å². The van der Waals surface area contributed by atoms with E-state index >= 15 is 0 Å². The zero-order chi connectivity index (χ0) is 13.0. The first-order valence-corrected chi connectivity index (χ1v) is 7.10. The number of methoxy groups -OCH3 is 1. The fourth-order valence-corrected chi connectivity index (χ4v) is 4.06. The van der Waals surface area contributed by atoms with E-state index in [1.807, 2.05) is 7.11 Å². The van der Waals surface area contributed by atoms with E-state index in [-0.39, 0.29) is 0 Å². The second-order valence-electron chi connectivity index (χ2n) is 5.99. The van der Waals surface area contributed by atoms with E-state index in [0.29, 0.717) is 18.1 Å². The van der Waals surface area contributed by atoms with Gasteiger partial charge in [0.25, 0.3) is 0 Å². The van der Waals surface area contributed by atoms with Crippen molar-refractivity contribution < 1.29 is 4.74 Å². The zero-order valence-corrected chi connectivity index (χ0v) is 11.5. The molecule has 0 bridgehead atoms. The van der Waals surface area contributed by atoms with Crippen molar-refractivity contribution in [3.05, 3.63) is 35.5 Å². The quantitative estimate of drug-likeness (QED) is 0.849. The van der Waals surface area contributed by atoms with Crippen LogP contribution in [0.15, 0.2) is 24.4 Å². The van der Waals surface area contributed by atoms with Crippen LogP contribution < -0.4 is 0 Å². The minimum absolute atomic E-state index is 0.363. The molecule has 1 N–H and O–H groups in total. The average Bonchev–Trinajstić information content (AvgIpc) is 2.85. The predicted molar refractivity (Wildman–Crippen MR) is 76.6 cm³/mol. The fourth-order valence-electron chi connectivity index (χ4n) is 4.06. The van der Waals surface area contributed by atoms with Crippen LogP contribution in [0.1, 0.15) is 23.5 Å². The molecule has 1 aliphatic heterocycles. The number of aromatic amines is 1. The van der Waals surface area contributed by atoms with Crippen LogP contribution in [0.4, 0.5) is 0 Å². The molecule has 2 heterocycles. The van der Waals surface area contributed by atoms with E-state index < -0.39 is 0 Å². The Morgan fingerprint density at radius 2 is 2.26 bits per heavy atom. The minimum Gasteiger partial charge on any atom is -0.380 e. The summed E-state index contributed by atoms with van der Waals surface area (Å²) in [6.07, 6.45) is 4.87. The molecule has 3 atom stereocenters. The first kappa shape index (κ1) is 11.5. The second-order valence-corrected chi connectivity index (χ2v) is 5.99. The minimum atomic E-state index is 0.363. The number of nitrogens with zero attached hydrogens (tertiary/aromatic N) is 1. The highest BCUT2D eigenvalue weighted by Gasteiger charge is 2.39. The molecule has 0 spiro atoms. The van der Waals surface area contributed by atoms with Crippen LogP contribution in [-0.4, -0.2) is 42.7 Å². The van der Waals surface area contributed by atoms with Crippen LogP contribution in [0.3, 0.4) is 0 Å². The average molecular weight is 256 g/mol. The number of piperidine rings is 1. The number of likely N-dealkylation sites (N-methyl/N-ethyl adjacent to an activating group) is 1. The molecule has 1 aliphatic carbocycles. The van der Waals surface area contributed by atoms with Crippen LogP contribution in [-0.2, 0) is 11.2 Å². The van der Waals surface area contributed by atoms with Crippen LogP contribution in [0.5, 0.6) is 0 Å². The van der Waals surface area contributed by atoms with Gasteiger partial charge in [-0.3, -0.25) is 4.90 Å². The molecule has 100 valence electrons. The van der Waals surface area contributed by atoms with Crippen molar-refractivity contribution in [3.8, 4) is 0 Å². The Morgan fingerprint density at radius 3 is 3.11 bits per heavy atom. The van der Waals surface area contributed by atoms with Crippen molar-refractivity contribution in [1.29, 1.82) is 0 Å². The van der Waals surface area contributed by atoms with E-state index in [2.05, 4.69) is 41.3 Å². The molecule has 19 heavy (non-hydrogen) atoms. The molecule has 2 aromatic rings. The number of H-pyrrole nitrogens is 1. The molecule has 2 aliphatic rings. The maximum atomic E-state index is 5.63. The van der Waals surface area contributed by atoms with Gasteiger partial charge in [-0.25, -0.2) is 0 Å². The molecule has 1 fully saturated rings. The highest BCUT2D eigenvalue weighted by molar-refractivity contribution is 5.88. The van der Waals surface area contributed by atoms with E-state index in [1.54, 1.807) is 0 Å². The van der Waals surface area contributed by atoms with Crippen molar-refractivity contribution in [3.63, 3.8) is 0 Å². The van der Waals surface area contributed by atoms with Crippen LogP contribution in [0.2, 0.25) is 0 Å². The number of rotatable bonds is 1. The molecule has 1 unspecified atom stereocenters. The van der Waals surface area contributed by atoms with Gasteiger partial charge in [-0.05, 0) is 37.1 Å². The Bertz CT molecular complexity index is 618. The standard InChI is InChI=1S/C16H20N2O/c1-18-9-11(19-2)7-13-12-4-3-5-14-16(12)10(8-17-14)6-15(13)18/h3-5,8,11,13,15,17H,6-7,9H2,1-2H3/t11?,13-,15-/m1/s1. The fraction of sp³-hybridized carbons (Fsp3) is 0.500. The Balaban J connectivity index is 1.86. The van der Waals surface area contributed by atoms with E-state index in [9.17, 15) is 0 Å². The summed E-state index contributed by atoms with van der Waals surface area (Å²) in [6.45, 7) is 1.05. The maximum absolute atomic E-state index is 5.63. The Hall–Kier alpha value is -1.32. The second kappa shape index (κ2) is 4.09. The summed E-state index contributed by atoms with van der Waals surface area (Å²) < 4.78 is 5.63. The topological polar surface area (TPSA) is 28.3 Å². The van der Waals surface area contributed by atoms with Crippen molar-refractivity contribution in [2.75, 3.05) is 20.7 Å². The van der Waals surface area contributed by atoms with Gasteiger partial charge in [-0.1, -0.05) is 12.1 Å². The molecule has 1 aromatic heterocycles. The molecule has 1 aromatic carbocycles. The summed E-state index contributed by atoms with van der Waals surface area (Å²) >= 11 is 0. The van der Waals surface area contributed by atoms with E-state index in [4.69, 9.17) is 4.74 Å². The first-order valence-electron chi connectivity index (χ1n) is 7.10. The molecule has 0 saturated carbocycles. The number of benzene rings is 1. The molecule has 0 radical (unpaired) electrons. The third-order valence-electron chi connectivity index (χ3n) is 5.02. The first-order chi connectivity index (χ1) is 9.28. The Kier molecular flexibility index (Phi) is 2.47. The van der Waals surface area contributed by atoms with Crippen molar-refractivity contribution >= 4 is 10.9 Å². The molecule has 3 heteroatoms. The number of hydrogen-bond donors (Lipinski definition) is 1. The van der Waals surface area contributed by atoms with Gasteiger partial charge in [-0.15, -0.1) is 0 Å². The van der Waals surface area contributed by atoms with Gasteiger partial charge in [0, 0.05) is 42.7 Å². The van der Waals surface area contributed by atoms with Crippen molar-refractivity contribution in [1.82, 2.24) is 9.88 Å². The number of aromatic nitrogens is 1. The third-order valence-corrected chi connectivity index (χ3v) is 5.02. The van der Waals surface area contributed by atoms with Gasteiger partial charge in [0.1, 0.15) is 0 Å². The summed E-state index contributed by atoms with van der Waals surface area (Å²) in [5.74, 6) is 0.607. The third kappa shape index (κ3) is 1.58. The summed E-state index contributed by atoms with van der Waals surface area (Å²) in [6, 6.07) is 7.29. The SMILES string of the molecule is COC1C[C@@H]2c3cccc4[nH]cc(c34)C[C@H]2N(C)C1. The number of nitrogens with one attached hydrogen (secondary N) is 1. The monoisotopic (exact) mass is 256 g/mol. The summed E-state index contributed by atoms with van der Waals surface area (Å²) in [5, 5.41) is 1.47. The lowest BCUT2D eigenvalue weighted by atomic mass is 9.74. The van der Waals surface area contributed by atoms with Gasteiger partial charge in [0.15, 0.2) is 0 Å². The molecular weight excluding hydrogens is 236 g/mol. The Morgan fingerprint density at radius 1 is 1.37 bits per heavy atom. The van der Waals surface area contributed by atoms with Gasteiger partial charge in [0.2, 0.25) is 0 Å². The maximum Gasteiger partial charge on any atom is 0.0704 e. The van der Waals surface area contributed by atoms with E-state index in [0.717, 1.165) is 19.4 Å². The lowest BCUT2D eigenvalue weighted by molar-refractivity contribution is 0.00482. The lowest BCUT2D eigenvalue weighted by Crippen LogP contribution is -2.50. The molecule has 0 amide bonds. The molecule has 4 rings (SSSR count). The lowest BCUT2D eigenvalue weighted by Gasteiger charge is -2.45. The smallest absolute Gasteiger partial charge is 0.0704 e. The largest absolute Gasteiger partial charge is 0.380 e. The zero-order valence-electron chi connectivity index (χ0n) is 11.5. The van der Waals surface area contributed by atoms with E-state index in [1.165, 1.54) is 22.0 Å². The van der Waals surface area contributed by atoms with Crippen molar-refractivity contribution in [2.45, 2.75) is 30.9 Å². The normalized spacial score (nSPS) is 30.5. The van der Waals surface area contributed by atoms with Gasteiger partial charge in [-0.2, -0.15) is 0 Å². The van der Waals surface area contributed by atoms with Gasteiger partial charge >= 0.3 is 0 Å². The number of fused-ring (bicyclic) bond motifs is 2. The van der Waals surface area contributed by atoms with Crippen LogP contribution >= 0.6 is 0 Å². The summed E-state index contributed by atoms with van der Waals surface area (Å²) in [5.41, 5.74) is 4.28. The van der Waals surface area contributed by atoms with Crippen LogP contribution in [0.25, 0.3) is 10.9 Å². The number of likely N-dealkylation sites (tertiary alicyclic amines) is 1. The molecular formula is C16H20N2O. The highest BCUT2D eigenvalue weighted by atomic mass is 16.5. The number of hydrogen-bond acceptors (Lipinski definition) is 2. The molecule has 1 saturated heterocycles. The van der Waals surface area contributed by atoms with Gasteiger partial charge in [0.05, 0.1) is 6.10 Å². The summed E-state index contributed by atoms with van der Waals surface area (Å²) in [7, 11) is 4.07. The Labute approximate surface area is 113 Å². The van der Waals surface area contributed by atoms with Crippen molar-refractivity contribution in [2.24, 2.45) is 0 Å². The highest BCUT2D eigenvalue weighted by Crippen LogP contribution is 2.43. The van der Waals surface area contributed by atoms with Gasteiger partial charge < -0.3 is 9.72 Å².